The van der Waals surface area contributed by atoms with Gasteiger partial charge in [-0.15, -0.1) is 0 Å². The van der Waals surface area contributed by atoms with Crippen LogP contribution in [0.15, 0.2) is 83.8 Å². The zero-order valence-corrected chi connectivity index (χ0v) is 15.5. The van der Waals surface area contributed by atoms with E-state index in [1.807, 2.05) is 6.07 Å². The summed E-state index contributed by atoms with van der Waals surface area (Å²) in [6.45, 7) is 0. The summed E-state index contributed by atoms with van der Waals surface area (Å²) in [5.41, 5.74) is 0.674. The van der Waals surface area contributed by atoms with Crippen LogP contribution in [-0.2, 0) is 10.1 Å². The Labute approximate surface area is 161 Å². The van der Waals surface area contributed by atoms with E-state index in [0.717, 1.165) is 0 Å². The predicted octanol–water partition coefficient (Wildman–Crippen LogP) is 4.75. The Balaban J connectivity index is 1.80. The number of nitrogens with one attached hydrogen (secondary N) is 2. The molecular weight excluding hydrogens is 388 g/mol. The van der Waals surface area contributed by atoms with Crippen molar-refractivity contribution in [3.05, 3.63) is 83.9 Å². The van der Waals surface area contributed by atoms with Gasteiger partial charge in [-0.05, 0) is 48.5 Å². The molecule has 2 N–H and O–H groups in total. The van der Waals surface area contributed by atoms with Crippen molar-refractivity contribution in [2.24, 2.45) is 0 Å². The number of carbonyl (C=O) groups is 1. The molecule has 27 heavy (non-hydrogen) atoms. The third-order valence-electron chi connectivity index (χ3n) is 3.46. The van der Waals surface area contributed by atoms with Crippen LogP contribution in [0.1, 0.15) is 0 Å². The summed E-state index contributed by atoms with van der Waals surface area (Å²) in [7, 11) is -4.16. The lowest BCUT2D eigenvalue weighted by Crippen LogP contribution is -2.21. The van der Waals surface area contributed by atoms with Crippen LogP contribution in [0.4, 0.5) is 16.2 Å². The highest BCUT2D eigenvalue weighted by Gasteiger charge is 2.21. The quantitative estimate of drug-likeness (QED) is 0.603. The number of urea groups is 1. The van der Waals surface area contributed by atoms with Crippen molar-refractivity contribution in [1.82, 2.24) is 0 Å². The molecular formula is C19H15ClN2O4S. The molecule has 0 saturated heterocycles. The van der Waals surface area contributed by atoms with Crippen molar-refractivity contribution in [2.45, 2.75) is 4.90 Å². The summed E-state index contributed by atoms with van der Waals surface area (Å²) >= 11 is 5.79. The molecule has 0 fully saturated rings. The van der Waals surface area contributed by atoms with E-state index in [2.05, 4.69) is 10.6 Å². The molecule has 0 unspecified atom stereocenters. The molecule has 0 spiro atoms. The Morgan fingerprint density at radius 3 is 2.15 bits per heavy atom. The van der Waals surface area contributed by atoms with Gasteiger partial charge < -0.3 is 14.8 Å². The average Bonchev–Trinajstić information content (AvgIpc) is 2.64. The summed E-state index contributed by atoms with van der Waals surface area (Å²) in [5.74, 6) is 0.114. The van der Waals surface area contributed by atoms with E-state index in [9.17, 15) is 13.2 Å². The first kappa shape index (κ1) is 18.8. The van der Waals surface area contributed by atoms with Gasteiger partial charge in [-0.3, -0.25) is 0 Å². The number of carbonyl (C=O) groups excluding carboxylic acids is 1. The maximum absolute atomic E-state index is 12.6. The number of para-hydroxylation sites is 2. The highest BCUT2D eigenvalue weighted by molar-refractivity contribution is 7.87. The van der Waals surface area contributed by atoms with Crippen LogP contribution in [0.25, 0.3) is 0 Å². The minimum absolute atomic E-state index is 0.0971. The normalized spacial score (nSPS) is 10.9. The molecule has 2 amide bonds. The largest absolute Gasteiger partial charge is 0.379 e. The van der Waals surface area contributed by atoms with Crippen molar-refractivity contribution in [3.8, 4) is 5.75 Å². The van der Waals surface area contributed by atoms with Crippen molar-refractivity contribution in [2.75, 3.05) is 10.6 Å². The van der Waals surface area contributed by atoms with E-state index >= 15 is 0 Å². The molecule has 3 aromatic rings. The molecule has 0 aromatic heterocycles. The monoisotopic (exact) mass is 402 g/mol. The number of benzene rings is 3. The molecule has 6 nitrogen and oxygen atoms in total. The van der Waals surface area contributed by atoms with Gasteiger partial charge in [-0.25, -0.2) is 4.79 Å². The van der Waals surface area contributed by atoms with E-state index in [4.69, 9.17) is 15.8 Å². The molecule has 0 aliphatic carbocycles. The molecule has 8 heteroatoms. The van der Waals surface area contributed by atoms with Crippen molar-refractivity contribution < 1.29 is 17.4 Å². The summed E-state index contributed by atoms with van der Waals surface area (Å²) in [4.78, 5) is 12.0. The van der Waals surface area contributed by atoms with Gasteiger partial charge in [-0.2, -0.15) is 8.42 Å². The zero-order valence-electron chi connectivity index (χ0n) is 13.9. The van der Waals surface area contributed by atoms with Gasteiger partial charge in [0.2, 0.25) is 0 Å². The summed E-state index contributed by atoms with van der Waals surface area (Å²) in [6, 6.07) is 20.1. The Hall–Kier alpha value is -3.03. The van der Waals surface area contributed by atoms with Gasteiger partial charge in [-0.1, -0.05) is 41.9 Å². The number of anilines is 2. The number of amides is 2. The highest BCUT2D eigenvalue weighted by Crippen LogP contribution is 2.26. The number of rotatable bonds is 5. The van der Waals surface area contributed by atoms with Crippen LogP contribution >= 0.6 is 11.6 Å². The third-order valence-corrected chi connectivity index (χ3v) is 5.01. The van der Waals surface area contributed by atoms with E-state index in [1.165, 1.54) is 36.4 Å². The lowest BCUT2D eigenvalue weighted by atomic mass is 10.3. The fraction of sp³-hybridized carbons (Fsp3) is 0. The predicted molar refractivity (Wildman–Crippen MR) is 105 cm³/mol. The standard InChI is InChI=1S/C19H15ClN2O4S/c20-14-10-12-16(13-11-14)26-27(24,25)18-9-5-4-8-17(18)22-19(23)21-15-6-2-1-3-7-15/h1-13H,(H2,21,22,23). The number of hydrogen-bond acceptors (Lipinski definition) is 4. The SMILES string of the molecule is O=C(Nc1ccccc1)Nc1ccccc1S(=O)(=O)Oc1ccc(Cl)cc1. The van der Waals surface area contributed by atoms with Crippen molar-refractivity contribution >= 4 is 39.1 Å². The maximum Gasteiger partial charge on any atom is 0.341 e. The summed E-state index contributed by atoms with van der Waals surface area (Å²) in [6.07, 6.45) is 0. The van der Waals surface area contributed by atoms with Gasteiger partial charge in [0.1, 0.15) is 10.6 Å². The molecule has 0 saturated carbocycles. The van der Waals surface area contributed by atoms with Crippen LogP contribution in [0.3, 0.4) is 0 Å². The van der Waals surface area contributed by atoms with E-state index in [-0.39, 0.29) is 16.3 Å². The van der Waals surface area contributed by atoms with Crippen molar-refractivity contribution in [3.63, 3.8) is 0 Å². The number of halogens is 1. The second kappa shape index (κ2) is 8.11. The first-order valence-electron chi connectivity index (χ1n) is 7.86. The van der Waals surface area contributed by atoms with Crippen LogP contribution < -0.4 is 14.8 Å². The number of hydrogen-bond donors (Lipinski definition) is 2. The summed E-state index contributed by atoms with van der Waals surface area (Å²) in [5, 5.41) is 5.61. The first-order valence-corrected chi connectivity index (χ1v) is 9.65. The second-order valence-electron chi connectivity index (χ2n) is 5.43. The molecule has 3 rings (SSSR count). The van der Waals surface area contributed by atoms with Gasteiger partial charge in [0.05, 0.1) is 5.69 Å². The van der Waals surface area contributed by atoms with E-state index in [0.29, 0.717) is 10.7 Å². The third kappa shape index (κ3) is 4.99. The van der Waals surface area contributed by atoms with Gasteiger partial charge in [0, 0.05) is 10.7 Å². The Bertz CT molecular complexity index is 1040. The lowest BCUT2D eigenvalue weighted by Gasteiger charge is -2.13. The molecule has 0 bridgehead atoms. The molecule has 138 valence electrons. The Kier molecular flexibility index (Phi) is 5.63. The van der Waals surface area contributed by atoms with Gasteiger partial charge in [0.25, 0.3) is 0 Å². The topological polar surface area (TPSA) is 84.5 Å². The van der Waals surface area contributed by atoms with Crippen LogP contribution in [0.2, 0.25) is 5.02 Å². The minimum atomic E-state index is -4.16. The van der Waals surface area contributed by atoms with E-state index in [1.54, 1.807) is 36.4 Å². The molecule has 0 radical (unpaired) electrons. The van der Waals surface area contributed by atoms with Gasteiger partial charge >= 0.3 is 16.1 Å². The smallest absolute Gasteiger partial charge is 0.341 e. The molecule has 0 atom stereocenters. The maximum atomic E-state index is 12.6. The zero-order chi connectivity index (χ0) is 19.3. The van der Waals surface area contributed by atoms with Crippen LogP contribution in [0.5, 0.6) is 5.75 Å². The molecule has 0 aliphatic rings. The minimum Gasteiger partial charge on any atom is -0.379 e. The average molecular weight is 403 g/mol. The molecule has 0 aliphatic heterocycles. The Morgan fingerprint density at radius 1 is 0.815 bits per heavy atom. The first-order chi connectivity index (χ1) is 12.9. The fourth-order valence-corrected chi connectivity index (χ4v) is 3.47. The second-order valence-corrected chi connectivity index (χ2v) is 7.38. The van der Waals surface area contributed by atoms with Gasteiger partial charge in [0.15, 0.2) is 0 Å². The summed E-state index contributed by atoms with van der Waals surface area (Å²) < 4.78 is 30.4. The fourth-order valence-electron chi connectivity index (χ4n) is 2.26. The highest BCUT2D eigenvalue weighted by atomic mass is 35.5. The van der Waals surface area contributed by atoms with Crippen LogP contribution in [-0.4, -0.2) is 14.4 Å². The van der Waals surface area contributed by atoms with Crippen molar-refractivity contribution in [1.29, 1.82) is 0 Å². The van der Waals surface area contributed by atoms with E-state index < -0.39 is 16.1 Å². The Morgan fingerprint density at radius 2 is 1.44 bits per heavy atom. The molecule has 0 heterocycles. The van der Waals surface area contributed by atoms with Crippen LogP contribution in [0, 0.1) is 0 Å². The lowest BCUT2D eigenvalue weighted by molar-refractivity contribution is 0.262. The molecule has 3 aromatic carbocycles.